The highest BCUT2D eigenvalue weighted by Gasteiger charge is 2.40. The highest BCUT2D eigenvalue weighted by Crippen LogP contribution is 2.35. The Morgan fingerprint density at radius 1 is 0.719 bits per heavy atom. The number of rotatable bonds is 5. The number of ether oxygens (including phenoxy) is 1. The molecule has 0 radical (unpaired) electrons. The maximum atomic E-state index is 13.6. The van der Waals surface area contributed by atoms with Crippen molar-refractivity contribution in [3.63, 3.8) is 0 Å². The van der Waals surface area contributed by atoms with Crippen LogP contribution < -0.4 is 15.0 Å². The van der Waals surface area contributed by atoms with E-state index in [9.17, 15) is 9.59 Å². The number of carbonyl (C=O) groups is 2. The molecule has 0 bridgehead atoms. The molecule has 0 aromatic heterocycles. The molecule has 5 nitrogen and oxygen atoms in total. The number of aryl methyl sites for hydroxylation is 4. The van der Waals surface area contributed by atoms with Crippen molar-refractivity contribution >= 4 is 28.8 Å². The van der Waals surface area contributed by atoms with E-state index in [4.69, 9.17) is 4.74 Å². The fourth-order valence-corrected chi connectivity index (χ4v) is 3.74. The first-order chi connectivity index (χ1) is 15.3. The van der Waals surface area contributed by atoms with Crippen LogP contribution in [0.3, 0.4) is 0 Å². The molecule has 0 aliphatic carbocycles. The molecule has 0 fully saturated rings. The van der Waals surface area contributed by atoms with Crippen LogP contribution in [-0.4, -0.2) is 18.9 Å². The van der Waals surface area contributed by atoms with Crippen molar-refractivity contribution in [2.45, 2.75) is 27.7 Å². The Kier molecular flexibility index (Phi) is 5.57. The summed E-state index contributed by atoms with van der Waals surface area (Å²) in [5, 5.41) is 3.24. The Morgan fingerprint density at radius 3 is 1.94 bits per heavy atom. The summed E-state index contributed by atoms with van der Waals surface area (Å²) in [6.45, 7) is 8.07. The lowest BCUT2D eigenvalue weighted by atomic mass is 9.99. The summed E-state index contributed by atoms with van der Waals surface area (Å²) in [5.74, 6) is -0.0787. The minimum atomic E-state index is -0.383. The van der Waals surface area contributed by atoms with E-state index in [1.165, 1.54) is 4.90 Å². The van der Waals surface area contributed by atoms with Crippen molar-refractivity contribution < 1.29 is 14.3 Å². The normalized spacial score (nSPS) is 13.7. The first kappa shape index (κ1) is 21.4. The van der Waals surface area contributed by atoms with E-state index < -0.39 is 0 Å². The summed E-state index contributed by atoms with van der Waals surface area (Å²) >= 11 is 0. The average molecular weight is 427 g/mol. The predicted octanol–water partition coefficient (Wildman–Crippen LogP) is 5.33. The molecule has 2 amide bonds. The number of methoxy groups -OCH3 is 1. The lowest BCUT2D eigenvalue weighted by Crippen LogP contribution is -2.32. The van der Waals surface area contributed by atoms with Crippen LogP contribution in [0.4, 0.5) is 11.4 Å². The van der Waals surface area contributed by atoms with Crippen molar-refractivity contribution in [1.82, 2.24) is 0 Å². The van der Waals surface area contributed by atoms with Gasteiger partial charge < -0.3 is 10.1 Å². The van der Waals surface area contributed by atoms with Gasteiger partial charge in [-0.05, 0) is 91.9 Å². The maximum absolute atomic E-state index is 13.6. The average Bonchev–Trinajstić information content (AvgIpc) is 3.02. The number of benzene rings is 3. The van der Waals surface area contributed by atoms with Gasteiger partial charge in [-0.25, -0.2) is 4.90 Å². The SMILES string of the molecule is COc1ccc(N2C(=O)C(Nc3ccc(C)c(C)c3)=C(c3ccc(C)c(C)c3)C2=O)cc1. The Labute approximate surface area is 188 Å². The molecule has 0 saturated heterocycles. The second-order valence-corrected chi connectivity index (χ2v) is 8.12. The van der Waals surface area contributed by atoms with Gasteiger partial charge in [-0.15, -0.1) is 0 Å². The zero-order valence-electron chi connectivity index (χ0n) is 18.9. The van der Waals surface area contributed by atoms with Crippen LogP contribution in [0.5, 0.6) is 5.75 Å². The fraction of sp³-hybridized carbons (Fsp3) is 0.185. The monoisotopic (exact) mass is 426 g/mol. The molecule has 1 aliphatic heterocycles. The number of nitrogens with zero attached hydrogens (tertiary/aromatic N) is 1. The van der Waals surface area contributed by atoms with E-state index in [0.29, 0.717) is 22.6 Å². The second kappa shape index (κ2) is 8.35. The smallest absolute Gasteiger partial charge is 0.282 e. The van der Waals surface area contributed by atoms with Gasteiger partial charge in [0.2, 0.25) is 0 Å². The number of hydrogen-bond acceptors (Lipinski definition) is 4. The zero-order valence-corrected chi connectivity index (χ0v) is 18.9. The fourth-order valence-electron chi connectivity index (χ4n) is 3.74. The molecule has 0 unspecified atom stereocenters. The van der Waals surface area contributed by atoms with Gasteiger partial charge >= 0.3 is 0 Å². The van der Waals surface area contributed by atoms with Crippen molar-refractivity contribution in [2.24, 2.45) is 0 Å². The summed E-state index contributed by atoms with van der Waals surface area (Å²) in [7, 11) is 1.58. The van der Waals surface area contributed by atoms with E-state index in [0.717, 1.165) is 27.9 Å². The maximum Gasteiger partial charge on any atom is 0.282 e. The molecule has 1 N–H and O–H groups in total. The van der Waals surface area contributed by atoms with Crippen LogP contribution in [0.2, 0.25) is 0 Å². The molecule has 4 rings (SSSR count). The molecule has 162 valence electrons. The van der Waals surface area contributed by atoms with E-state index in [1.54, 1.807) is 31.4 Å². The first-order valence-electron chi connectivity index (χ1n) is 10.5. The largest absolute Gasteiger partial charge is 0.497 e. The Balaban J connectivity index is 1.82. The van der Waals surface area contributed by atoms with Gasteiger partial charge in [-0.3, -0.25) is 9.59 Å². The minimum Gasteiger partial charge on any atom is -0.497 e. The predicted molar refractivity (Wildman–Crippen MR) is 128 cm³/mol. The van der Waals surface area contributed by atoms with Crippen molar-refractivity contribution in [3.8, 4) is 5.75 Å². The van der Waals surface area contributed by atoms with Gasteiger partial charge in [0, 0.05) is 5.69 Å². The third kappa shape index (κ3) is 3.78. The lowest BCUT2D eigenvalue weighted by Gasteiger charge is -2.16. The van der Waals surface area contributed by atoms with Gasteiger partial charge in [0.05, 0.1) is 18.4 Å². The van der Waals surface area contributed by atoms with Crippen molar-refractivity contribution in [1.29, 1.82) is 0 Å². The summed E-state index contributed by atoms with van der Waals surface area (Å²) in [6.07, 6.45) is 0. The summed E-state index contributed by atoms with van der Waals surface area (Å²) in [4.78, 5) is 28.3. The van der Waals surface area contributed by atoms with Gasteiger partial charge in [-0.2, -0.15) is 0 Å². The Morgan fingerprint density at radius 2 is 1.34 bits per heavy atom. The second-order valence-electron chi connectivity index (χ2n) is 8.12. The number of carbonyl (C=O) groups excluding carboxylic acids is 2. The molecule has 3 aromatic rings. The van der Waals surface area contributed by atoms with E-state index in [1.807, 2.05) is 64.1 Å². The van der Waals surface area contributed by atoms with Gasteiger partial charge in [-0.1, -0.05) is 24.3 Å². The molecule has 1 aliphatic rings. The summed E-state index contributed by atoms with van der Waals surface area (Å²) in [6, 6.07) is 18.6. The summed E-state index contributed by atoms with van der Waals surface area (Å²) < 4.78 is 5.21. The van der Waals surface area contributed by atoms with Crippen LogP contribution in [0.25, 0.3) is 5.57 Å². The zero-order chi connectivity index (χ0) is 23.0. The van der Waals surface area contributed by atoms with Gasteiger partial charge in [0.25, 0.3) is 11.8 Å². The first-order valence-corrected chi connectivity index (χ1v) is 10.5. The number of anilines is 2. The van der Waals surface area contributed by atoms with Crippen LogP contribution in [0.15, 0.2) is 66.4 Å². The lowest BCUT2D eigenvalue weighted by molar-refractivity contribution is -0.120. The molecule has 3 aromatic carbocycles. The van der Waals surface area contributed by atoms with Crippen molar-refractivity contribution in [2.75, 3.05) is 17.3 Å². The van der Waals surface area contributed by atoms with Crippen LogP contribution in [0.1, 0.15) is 27.8 Å². The highest BCUT2D eigenvalue weighted by atomic mass is 16.5. The van der Waals surface area contributed by atoms with E-state index in [2.05, 4.69) is 5.32 Å². The quantitative estimate of drug-likeness (QED) is 0.561. The molecule has 0 spiro atoms. The number of nitrogens with one attached hydrogen (secondary N) is 1. The Hall–Kier alpha value is -3.86. The molecule has 0 saturated carbocycles. The van der Waals surface area contributed by atoms with Crippen LogP contribution in [0, 0.1) is 27.7 Å². The molecule has 0 atom stereocenters. The van der Waals surface area contributed by atoms with E-state index >= 15 is 0 Å². The number of hydrogen-bond donors (Lipinski definition) is 1. The van der Waals surface area contributed by atoms with Gasteiger partial charge in [0.1, 0.15) is 11.4 Å². The van der Waals surface area contributed by atoms with Crippen LogP contribution in [-0.2, 0) is 9.59 Å². The molecular formula is C27H26N2O3. The minimum absolute atomic E-state index is 0.275. The summed E-state index contributed by atoms with van der Waals surface area (Å²) in [5.41, 5.74) is 7.07. The van der Waals surface area contributed by atoms with Crippen LogP contribution >= 0.6 is 0 Å². The van der Waals surface area contributed by atoms with Gasteiger partial charge in [0.15, 0.2) is 0 Å². The number of amides is 2. The number of imide groups is 1. The molecular weight excluding hydrogens is 400 g/mol. The third-order valence-corrected chi connectivity index (χ3v) is 5.99. The molecule has 32 heavy (non-hydrogen) atoms. The Bertz CT molecular complexity index is 1260. The standard InChI is InChI=1S/C27H26N2O3/c1-16-6-8-20(14-18(16)3)24-25(28-21-9-7-17(2)19(4)15-21)27(31)29(26(24)30)22-10-12-23(32-5)13-11-22/h6-15,28H,1-5H3. The van der Waals surface area contributed by atoms with Crippen molar-refractivity contribution in [3.05, 3.63) is 94.2 Å². The molecule has 5 heteroatoms. The topological polar surface area (TPSA) is 58.6 Å². The van der Waals surface area contributed by atoms with E-state index in [-0.39, 0.29) is 17.5 Å². The molecule has 1 heterocycles. The third-order valence-electron chi connectivity index (χ3n) is 5.99. The highest BCUT2D eigenvalue weighted by molar-refractivity contribution is 6.46.